The zero-order chi connectivity index (χ0) is 19.5. The molecular weight excluding hydrogens is 369 g/mol. The number of carbonyl (C=O) groups is 1. The lowest BCUT2D eigenvalue weighted by Crippen LogP contribution is -2.27. The fourth-order valence-electron chi connectivity index (χ4n) is 2.30. The number of benzene rings is 2. The van der Waals surface area contributed by atoms with Gasteiger partial charge in [0, 0.05) is 12.1 Å². The molecule has 0 spiro atoms. The largest absolute Gasteiger partial charge is 0.416 e. The van der Waals surface area contributed by atoms with Crippen molar-refractivity contribution in [2.24, 2.45) is 5.14 Å². The first-order valence-electron chi connectivity index (χ1n) is 7.56. The molecule has 0 fully saturated rings. The number of sulfonamides is 1. The van der Waals surface area contributed by atoms with E-state index in [2.05, 4.69) is 5.32 Å². The lowest BCUT2D eigenvalue weighted by molar-refractivity contribution is -0.137. The number of hydrogen-bond acceptors (Lipinski definition) is 3. The van der Waals surface area contributed by atoms with E-state index in [1.54, 1.807) is 6.92 Å². The van der Waals surface area contributed by atoms with Crippen LogP contribution in [-0.2, 0) is 22.6 Å². The van der Waals surface area contributed by atoms with Gasteiger partial charge in [0.1, 0.15) is 0 Å². The maximum absolute atomic E-state index is 12.5. The summed E-state index contributed by atoms with van der Waals surface area (Å²) in [4.78, 5) is 12.1. The monoisotopic (exact) mass is 386 g/mol. The van der Waals surface area contributed by atoms with Crippen molar-refractivity contribution < 1.29 is 26.4 Å². The standard InChI is InChI=1S/C17H17F3N2O3S/c1-11-2-7-14(26(21,24)25)10-15(11)16(23)22-9-8-12-3-5-13(6-4-12)17(18,19)20/h2-7,10H,8-9H2,1H3,(H,22,23)(H2,21,24,25). The Labute approximate surface area is 149 Å². The predicted molar refractivity (Wildman–Crippen MR) is 90.0 cm³/mol. The van der Waals surface area contributed by atoms with Crippen LogP contribution >= 0.6 is 0 Å². The first kappa shape index (κ1) is 19.9. The summed E-state index contributed by atoms with van der Waals surface area (Å²) < 4.78 is 60.3. The number of nitrogens with one attached hydrogen (secondary N) is 1. The SMILES string of the molecule is Cc1ccc(S(N)(=O)=O)cc1C(=O)NCCc1ccc(C(F)(F)F)cc1. The minimum absolute atomic E-state index is 0.170. The highest BCUT2D eigenvalue weighted by atomic mass is 32.2. The Morgan fingerprint density at radius 3 is 2.27 bits per heavy atom. The van der Waals surface area contributed by atoms with E-state index < -0.39 is 27.7 Å². The summed E-state index contributed by atoms with van der Waals surface area (Å²) in [7, 11) is -3.93. The zero-order valence-electron chi connectivity index (χ0n) is 13.8. The highest BCUT2D eigenvalue weighted by molar-refractivity contribution is 7.89. The van der Waals surface area contributed by atoms with Gasteiger partial charge in [0.15, 0.2) is 0 Å². The van der Waals surface area contributed by atoms with E-state index in [9.17, 15) is 26.4 Å². The van der Waals surface area contributed by atoms with Crippen molar-refractivity contribution in [3.05, 3.63) is 64.7 Å². The summed E-state index contributed by atoms with van der Waals surface area (Å²) in [6.07, 6.45) is -4.06. The first-order chi connectivity index (χ1) is 12.0. The molecule has 0 bridgehead atoms. The molecule has 0 saturated heterocycles. The Morgan fingerprint density at radius 2 is 1.73 bits per heavy atom. The van der Waals surface area contributed by atoms with Gasteiger partial charge in [-0.1, -0.05) is 18.2 Å². The molecule has 26 heavy (non-hydrogen) atoms. The maximum atomic E-state index is 12.5. The lowest BCUT2D eigenvalue weighted by atomic mass is 10.1. The van der Waals surface area contributed by atoms with E-state index in [1.807, 2.05) is 0 Å². The molecule has 5 nitrogen and oxygen atoms in total. The molecule has 2 rings (SSSR count). The fourth-order valence-corrected chi connectivity index (χ4v) is 2.84. The number of nitrogens with two attached hydrogens (primary N) is 1. The maximum Gasteiger partial charge on any atom is 0.416 e. The molecule has 0 aliphatic rings. The predicted octanol–water partition coefficient (Wildman–Crippen LogP) is 2.63. The van der Waals surface area contributed by atoms with Gasteiger partial charge >= 0.3 is 6.18 Å². The van der Waals surface area contributed by atoms with Gasteiger partial charge in [-0.15, -0.1) is 0 Å². The second kappa shape index (κ2) is 7.46. The number of alkyl halides is 3. The van der Waals surface area contributed by atoms with Gasteiger partial charge in [-0.05, 0) is 48.7 Å². The molecule has 3 N–H and O–H groups in total. The van der Waals surface area contributed by atoms with E-state index in [0.29, 0.717) is 17.5 Å². The van der Waals surface area contributed by atoms with Crippen LogP contribution in [0.25, 0.3) is 0 Å². The van der Waals surface area contributed by atoms with Gasteiger partial charge in [0.25, 0.3) is 5.91 Å². The molecule has 9 heteroatoms. The second-order valence-corrected chi connectivity index (χ2v) is 7.28. The third kappa shape index (κ3) is 5.06. The number of rotatable bonds is 5. The van der Waals surface area contributed by atoms with Gasteiger partial charge in [-0.25, -0.2) is 13.6 Å². The fraction of sp³-hybridized carbons (Fsp3) is 0.235. The number of carbonyl (C=O) groups excluding carboxylic acids is 1. The van der Waals surface area contributed by atoms with E-state index in [0.717, 1.165) is 12.1 Å². The summed E-state index contributed by atoms with van der Waals surface area (Å²) in [6, 6.07) is 8.64. The van der Waals surface area contributed by atoms with Crippen molar-refractivity contribution in [1.29, 1.82) is 0 Å². The Hall–Kier alpha value is -2.39. The molecule has 140 valence electrons. The van der Waals surface area contributed by atoms with Crippen molar-refractivity contribution in [3.63, 3.8) is 0 Å². The van der Waals surface area contributed by atoms with Crippen LogP contribution in [0.15, 0.2) is 47.4 Å². The van der Waals surface area contributed by atoms with Crippen LogP contribution in [0.5, 0.6) is 0 Å². The molecular formula is C17H17F3N2O3S. The van der Waals surface area contributed by atoms with Crippen LogP contribution in [-0.4, -0.2) is 20.9 Å². The smallest absolute Gasteiger partial charge is 0.352 e. The number of aryl methyl sites for hydroxylation is 1. The molecule has 2 aromatic rings. The van der Waals surface area contributed by atoms with Crippen LogP contribution < -0.4 is 10.5 Å². The van der Waals surface area contributed by atoms with Gasteiger partial charge in [-0.2, -0.15) is 13.2 Å². The number of halogens is 3. The summed E-state index contributed by atoms with van der Waals surface area (Å²) >= 11 is 0. The quantitative estimate of drug-likeness (QED) is 0.828. The Balaban J connectivity index is 2.01. The lowest BCUT2D eigenvalue weighted by Gasteiger charge is -2.10. The average molecular weight is 386 g/mol. The van der Waals surface area contributed by atoms with Crippen LogP contribution in [0.4, 0.5) is 13.2 Å². The molecule has 0 saturated carbocycles. The van der Waals surface area contributed by atoms with Crippen LogP contribution in [0.1, 0.15) is 27.0 Å². The number of amides is 1. The summed E-state index contributed by atoms with van der Waals surface area (Å²) in [5, 5.41) is 7.67. The Kier molecular flexibility index (Phi) is 5.72. The van der Waals surface area contributed by atoms with E-state index in [4.69, 9.17) is 5.14 Å². The molecule has 1 amide bonds. The topological polar surface area (TPSA) is 89.3 Å². The van der Waals surface area contributed by atoms with Crippen molar-refractivity contribution >= 4 is 15.9 Å². The molecule has 0 aromatic heterocycles. The highest BCUT2D eigenvalue weighted by Crippen LogP contribution is 2.29. The minimum Gasteiger partial charge on any atom is -0.352 e. The van der Waals surface area contributed by atoms with Crippen molar-refractivity contribution in [3.8, 4) is 0 Å². The first-order valence-corrected chi connectivity index (χ1v) is 9.11. The van der Waals surface area contributed by atoms with Crippen molar-refractivity contribution in [1.82, 2.24) is 5.32 Å². The van der Waals surface area contributed by atoms with E-state index in [1.165, 1.54) is 30.3 Å². The van der Waals surface area contributed by atoms with Crippen LogP contribution in [0.3, 0.4) is 0 Å². The van der Waals surface area contributed by atoms with Gasteiger partial charge in [0.2, 0.25) is 10.0 Å². The zero-order valence-corrected chi connectivity index (χ0v) is 14.6. The van der Waals surface area contributed by atoms with Gasteiger partial charge in [0.05, 0.1) is 10.5 Å². The third-order valence-electron chi connectivity index (χ3n) is 3.76. The van der Waals surface area contributed by atoms with Crippen molar-refractivity contribution in [2.75, 3.05) is 6.54 Å². The molecule has 0 unspecified atom stereocenters. The molecule has 0 aliphatic carbocycles. The summed E-state index contributed by atoms with van der Waals surface area (Å²) in [6.45, 7) is 1.83. The van der Waals surface area contributed by atoms with E-state index in [-0.39, 0.29) is 17.0 Å². The van der Waals surface area contributed by atoms with Crippen LogP contribution in [0.2, 0.25) is 0 Å². The molecule has 0 aliphatic heterocycles. The van der Waals surface area contributed by atoms with Gasteiger partial charge in [-0.3, -0.25) is 4.79 Å². The molecule has 2 aromatic carbocycles. The molecule has 0 heterocycles. The number of primary sulfonamides is 1. The average Bonchev–Trinajstić information content (AvgIpc) is 2.53. The summed E-state index contributed by atoms with van der Waals surface area (Å²) in [5.74, 6) is -0.486. The number of hydrogen-bond donors (Lipinski definition) is 2. The van der Waals surface area contributed by atoms with Crippen LogP contribution in [0, 0.1) is 6.92 Å². The van der Waals surface area contributed by atoms with Gasteiger partial charge < -0.3 is 5.32 Å². The van der Waals surface area contributed by atoms with E-state index >= 15 is 0 Å². The second-order valence-electron chi connectivity index (χ2n) is 5.72. The molecule has 0 radical (unpaired) electrons. The Morgan fingerprint density at radius 1 is 1.12 bits per heavy atom. The minimum atomic E-state index is -4.39. The Bertz CT molecular complexity index is 908. The molecule has 0 atom stereocenters. The van der Waals surface area contributed by atoms with Crippen molar-refractivity contribution in [2.45, 2.75) is 24.4 Å². The normalized spacial score (nSPS) is 12.0. The summed E-state index contributed by atoms with van der Waals surface area (Å²) in [5.41, 5.74) is 0.641. The highest BCUT2D eigenvalue weighted by Gasteiger charge is 2.29. The third-order valence-corrected chi connectivity index (χ3v) is 4.67.